The third-order valence-electron chi connectivity index (χ3n) is 2.88. The Morgan fingerprint density at radius 3 is 1.67 bits per heavy atom. The van der Waals surface area contributed by atoms with Crippen LogP contribution < -0.4 is 0 Å². The van der Waals surface area contributed by atoms with Gasteiger partial charge in [-0.1, -0.05) is 0 Å². The van der Waals surface area contributed by atoms with Crippen LogP contribution in [-0.2, 0) is 0 Å². The maximum absolute atomic E-state index is 11.1. The molecule has 1 aromatic carbocycles. The normalized spacial score (nSPS) is 10.8. The molecule has 0 saturated carbocycles. The van der Waals surface area contributed by atoms with Crippen LogP contribution in [0.1, 0.15) is 0 Å². The second-order valence-electron chi connectivity index (χ2n) is 4.30. The molecule has 0 aliphatic rings. The van der Waals surface area contributed by atoms with Crippen molar-refractivity contribution in [1.29, 1.82) is 0 Å². The molecule has 0 unspecified atom stereocenters. The predicted octanol–water partition coefficient (Wildman–Crippen LogP) is 4.69. The molecule has 0 spiro atoms. The molecule has 0 bridgehead atoms. The van der Waals surface area contributed by atoms with Crippen molar-refractivity contribution in [2.75, 3.05) is 0 Å². The molecular formula is C14H9NO4S2. The molecule has 5 nitrogen and oxygen atoms in total. The van der Waals surface area contributed by atoms with Crippen LogP contribution in [0.3, 0.4) is 0 Å². The van der Waals surface area contributed by atoms with E-state index < -0.39 is 4.92 Å². The molecule has 21 heavy (non-hydrogen) atoms. The van der Waals surface area contributed by atoms with E-state index in [1.807, 2.05) is 0 Å². The van der Waals surface area contributed by atoms with Crippen LogP contribution in [-0.4, -0.2) is 4.92 Å². The Morgan fingerprint density at radius 2 is 1.33 bits per heavy atom. The Morgan fingerprint density at radius 1 is 0.857 bits per heavy atom. The second kappa shape index (κ2) is 5.34. The third kappa shape index (κ3) is 2.84. The predicted molar refractivity (Wildman–Crippen MR) is 83.0 cm³/mol. The largest absolute Gasteiger partial charge is 0.450 e. The molecule has 2 heterocycles. The molecule has 3 aromatic rings. The summed E-state index contributed by atoms with van der Waals surface area (Å²) in [5, 5.41) is 12.0. The molecule has 7 heteroatoms. The minimum Gasteiger partial charge on any atom is -0.450 e. The summed E-state index contributed by atoms with van der Waals surface area (Å²) in [7, 11) is 0. The van der Waals surface area contributed by atoms with E-state index in [0.29, 0.717) is 32.8 Å². The van der Waals surface area contributed by atoms with Gasteiger partial charge < -0.3 is 8.83 Å². The van der Waals surface area contributed by atoms with E-state index >= 15 is 0 Å². The van der Waals surface area contributed by atoms with Gasteiger partial charge in [0.05, 0.1) is 4.92 Å². The zero-order valence-corrected chi connectivity index (χ0v) is 12.3. The molecule has 3 rings (SSSR count). The standard InChI is InChI=1S/C14H9NO4S2/c16-15(17)10-6-8(11-1-3-13(20)18-11)5-9(7-10)12-2-4-14(21)19-12/h1-7,20-21H. The van der Waals surface area contributed by atoms with Gasteiger partial charge in [-0.25, -0.2) is 0 Å². The van der Waals surface area contributed by atoms with Crippen molar-refractivity contribution in [3.05, 3.63) is 52.6 Å². The molecule has 0 saturated heterocycles. The lowest BCUT2D eigenvalue weighted by molar-refractivity contribution is -0.384. The maximum atomic E-state index is 11.1. The van der Waals surface area contributed by atoms with Crippen molar-refractivity contribution in [3.63, 3.8) is 0 Å². The number of non-ortho nitro benzene ring substituents is 1. The summed E-state index contributed by atoms with van der Waals surface area (Å²) in [6.07, 6.45) is 0. The Kier molecular flexibility index (Phi) is 3.52. The third-order valence-corrected chi connectivity index (χ3v) is 3.36. The van der Waals surface area contributed by atoms with E-state index in [9.17, 15) is 10.1 Å². The minimum atomic E-state index is -0.456. The number of nitro benzene ring substituents is 1. The highest BCUT2D eigenvalue weighted by Gasteiger charge is 2.15. The van der Waals surface area contributed by atoms with Crippen LogP contribution in [0.5, 0.6) is 0 Å². The zero-order chi connectivity index (χ0) is 15.0. The van der Waals surface area contributed by atoms with Crippen molar-refractivity contribution in [2.45, 2.75) is 10.2 Å². The summed E-state index contributed by atoms with van der Waals surface area (Å²) in [5.41, 5.74) is 1.12. The van der Waals surface area contributed by atoms with Crippen LogP contribution in [0, 0.1) is 10.1 Å². The first-order valence-corrected chi connectivity index (χ1v) is 6.80. The number of nitro groups is 1. The van der Waals surface area contributed by atoms with E-state index in [1.54, 1.807) is 30.3 Å². The number of hydrogen-bond donors (Lipinski definition) is 2. The van der Waals surface area contributed by atoms with Crippen LogP contribution >= 0.6 is 25.3 Å². The second-order valence-corrected chi connectivity index (χ2v) is 5.18. The van der Waals surface area contributed by atoms with Gasteiger partial charge in [0.25, 0.3) is 5.69 Å². The Bertz CT molecular complexity index is 764. The highest BCUT2D eigenvalue weighted by atomic mass is 32.1. The van der Waals surface area contributed by atoms with Crippen molar-refractivity contribution < 1.29 is 13.8 Å². The van der Waals surface area contributed by atoms with E-state index in [2.05, 4.69) is 25.3 Å². The molecule has 0 atom stereocenters. The Balaban J connectivity index is 2.16. The van der Waals surface area contributed by atoms with Gasteiger partial charge in [0.15, 0.2) is 10.2 Å². The first-order chi connectivity index (χ1) is 10.0. The average Bonchev–Trinajstić information content (AvgIpc) is 3.07. The fraction of sp³-hybridized carbons (Fsp3) is 0. The highest BCUT2D eigenvalue weighted by molar-refractivity contribution is 7.80. The Hall–Kier alpha value is -2.12. The van der Waals surface area contributed by atoms with Gasteiger partial charge in [0.2, 0.25) is 0 Å². The lowest BCUT2D eigenvalue weighted by Crippen LogP contribution is -1.90. The lowest BCUT2D eigenvalue weighted by Gasteiger charge is -2.02. The number of rotatable bonds is 3. The van der Waals surface area contributed by atoms with E-state index in [1.165, 1.54) is 12.1 Å². The number of nitrogens with zero attached hydrogens (tertiary/aromatic N) is 1. The summed E-state index contributed by atoms with van der Waals surface area (Å²) < 4.78 is 10.8. The van der Waals surface area contributed by atoms with Crippen LogP contribution in [0.25, 0.3) is 22.6 Å². The Labute approximate surface area is 130 Å². The summed E-state index contributed by atoms with van der Waals surface area (Å²) in [6.45, 7) is 0. The molecule has 0 aliphatic heterocycles. The molecule has 2 aromatic heterocycles. The minimum absolute atomic E-state index is 0.0447. The van der Waals surface area contributed by atoms with Gasteiger partial charge in [-0.3, -0.25) is 10.1 Å². The highest BCUT2D eigenvalue weighted by Crippen LogP contribution is 2.33. The molecule has 0 aliphatic carbocycles. The average molecular weight is 319 g/mol. The smallest absolute Gasteiger partial charge is 0.270 e. The molecular weight excluding hydrogens is 310 g/mol. The van der Waals surface area contributed by atoms with Gasteiger partial charge in [0, 0.05) is 23.3 Å². The summed E-state index contributed by atoms with van der Waals surface area (Å²) in [4.78, 5) is 10.6. The maximum Gasteiger partial charge on any atom is 0.270 e. The van der Waals surface area contributed by atoms with Gasteiger partial charge in [0.1, 0.15) is 11.5 Å². The number of thiol groups is 2. The van der Waals surface area contributed by atoms with Crippen molar-refractivity contribution >= 4 is 30.9 Å². The number of benzene rings is 1. The molecule has 0 amide bonds. The van der Waals surface area contributed by atoms with Crippen molar-refractivity contribution in [2.24, 2.45) is 0 Å². The van der Waals surface area contributed by atoms with E-state index in [0.717, 1.165) is 0 Å². The van der Waals surface area contributed by atoms with Gasteiger partial charge >= 0.3 is 0 Å². The summed E-state index contributed by atoms with van der Waals surface area (Å²) in [6, 6.07) is 11.4. The first-order valence-electron chi connectivity index (χ1n) is 5.91. The van der Waals surface area contributed by atoms with E-state index in [-0.39, 0.29) is 5.69 Å². The summed E-state index contributed by atoms with van der Waals surface area (Å²) >= 11 is 8.18. The van der Waals surface area contributed by atoms with E-state index in [4.69, 9.17) is 8.83 Å². The van der Waals surface area contributed by atoms with Gasteiger partial charge in [-0.2, -0.15) is 0 Å². The number of hydrogen-bond acceptors (Lipinski definition) is 6. The van der Waals surface area contributed by atoms with Crippen LogP contribution in [0.2, 0.25) is 0 Å². The van der Waals surface area contributed by atoms with Crippen LogP contribution in [0.4, 0.5) is 5.69 Å². The zero-order valence-electron chi connectivity index (χ0n) is 10.5. The lowest BCUT2D eigenvalue weighted by atomic mass is 10.1. The van der Waals surface area contributed by atoms with Crippen molar-refractivity contribution in [1.82, 2.24) is 0 Å². The molecule has 0 fully saturated rings. The molecule has 0 radical (unpaired) electrons. The van der Waals surface area contributed by atoms with Gasteiger partial charge in [-0.15, -0.1) is 25.3 Å². The fourth-order valence-electron chi connectivity index (χ4n) is 1.97. The monoisotopic (exact) mass is 319 g/mol. The van der Waals surface area contributed by atoms with Crippen LogP contribution in [0.15, 0.2) is 61.5 Å². The quantitative estimate of drug-likeness (QED) is 0.417. The summed E-state index contributed by atoms with van der Waals surface area (Å²) in [5.74, 6) is 1.00. The topological polar surface area (TPSA) is 69.4 Å². The van der Waals surface area contributed by atoms with Gasteiger partial charge in [-0.05, 0) is 30.3 Å². The first kappa shape index (κ1) is 13.8. The molecule has 0 N–H and O–H groups in total. The SMILES string of the molecule is O=[N+]([O-])c1cc(-c2ccc(S)o2)cc(-c2ccc(S)o2)c1. The van der Waals surface area contributed by atoms with Crippen molar-refractivity contribution in [3.8, 4) is 22.6 Å². The number of furan rings is 2. The molecule has 106 valence electrons. The fourth-order valence-corrected chi connectivity index (χ4v) is 2.31.